The molecule has 0 radical (unpaired) electrons. The van der Waals surface area contributed by atoms with Gasteiger partial charge in [-0.2, -0.15) is 0 Å². The van der Waals surface area contributed by atoms with Crippen molar-refractivity contribution >= 4 is 24.8 Å². The van der Waals surface area contributed by atoms with Crippen molar-refractivity contribution in [2.75, 3.05) is 11.5 Å². The maximum absolute atomic E-state index is 10.9. The first-order chi connectivity index (χ1) is 10.8. The van der Waals surface area contributed by atoms with Crippen LogP contribution >= 0.6 is 24.8 Å². The summed E-state index contributed by atoms with van der Waals surface area (Å²) in [6.45, 7) is 8.94. The summed E-state index contributed by atoms with van der Waals surface area (Å²) in [7, 11) is -0.0181. The van der Waals surface area contributed by atoms with Crippen molar-refractivity contribution in [2.45, 2.75) is 79.1 Å². The second-order valence-corrected chi connectivity index (χ2v) is 23.3. The first kappa shape index (κ1) is 22.7. The molecule has 1 aliphatic heterocycles. The van der Waals surface area contributed by atoms with Crippen molar-refractivity contribution < 1.29 is 33.2 Å². The van der Waals surface area contributed by atoms with Crippen molar-refractivity contribution in [3.63, 3.8) is 0 Å². The topological polar surface area (TPSA) is 49.7 Å². The van der Waals surface area contributed by atoms with Gasteiger partial charge in [0, 0.05) is 0 Å². The molecule has 0 aliphatic carbocycles. The predicted octanol–water partition coefficient (Wildman–Crippen LogP) is 6.48. The molecule has 1 saturated heterocycles. The Labute approximate surface area is 159 Å². The Bertz CT molecular complexity index is 353. The molecular weight excluding hydrogens is 431 g/mol. The molecule has 0 aromatic rings. The van der Waals surface area contributed by atoms with E-state index in [-0.39, 0.29) is 0 Å². The molecule has 3 nitrogen and oxygen atoms in total. The Morgan fingerprint density at radius 3 is 1.65 bits per heavy atom. The molecule has 0 amide bonds. The fourth-order valence-electron chi connectivity index (χ4n) is 3.21. The van der Waals surface area contributed by atoms with E-state index >= 15 is 0 Å². The van der Waals surface area contributed by atoms with E-state index in [9.17, 15) is 9.79 Å². The van der Waals surface area contributed by atoms with E-state index in [1.54, 1.807) is 0 Å². The molecule has 0 aromatic carbocycles. The third-order valence-corrected chi connectivity index (χ3v) is 28.2. The van der Waals surface area contributed by atoms with Gasteiger partial charge in [-0.25, -0.2) is 0 Å². The molecule has 141 valence electrons. The number of hydrogen-bond donors (Lipinski definition) is 2. The van der Waals surface area contributed by atoms with Crippen LogP contribution in [0, 0.1) is 11.8 Å². The van der Waals surface area contributed by atoms with Crippen LogP contribution in [0.3, 0.4) is 0 Å². The van der Waals surface area contributed by atoms with Crippen LogP contribution in [-0.2, 0) is 23.4 Å². The van der Waals surface area contributed by atoms with Crippen molar-refractivity contribution in [1.29, 1.82) is 0 Å². The third-order valence-electron chi connectivity index (χ3n) is 5.02. The van der Waals surface area contributed by atoms with Crippen LogP contribution in [0.15, 0.2) is 0 Å². The Morgan fingerprint density at radius 1 is 0.957 bits per heavy atom. The van der Waals surface area contributed by atoms with Gasteiger partial charge in [-0.15, -0.1) is 0 Å². The summed E-state index contributed by atoms with van der Waals surface area (Å²) >= 11 is 1.42. The summed E-state index contributed by atoms with van der Waals surface area (Å²) in [5, 5.41) is 0. The van der Waals surface area contributed by atoms with Gasteiger partial charge in [0.25, 0.3) is 0 Å². The van der Waals surface area contributed by atoms with Gasteiger partial charge < -0.3 is 0 Å². The summed E-state index contributed by atoms with van der Waals surface area (Å²) in [5.41, 5.74) is -3.87. The van der Waals surface area contributed by atoms with Crippen LogP contribution in [0.25, 0.3) is 0 Å². The SMILES string of the molecule is CCCCC(CC)CS1(CC(CC)CCCC)SP1(O)(O)[O][Mo]. The molecule has 0 aromatic heterocycles. The third kappa shape index (κ3) is 5.58. The van der Waals surface area contributed by atoms with E-state index in [0.29, 0.717) is 11.8 Å². The average Bonchev–Trinajstić information content (AvgIpc) is 3.05. The van der Waals surface area contributed by atoms with Gasteiger partial charge in [0.05, 0.1) is 0 Å². The molecule has 0 spiro atoms. The quantitative estimate of drug-likeness (QED) is 0.141. The molecule has 1 aliphatic rings. The fraction of sp³-hybridized carbons (Fsp3) is 1.00. The first-order valence-electron chi connectivity index (χ1n) is 9.14. The van der Waals surface area contributed by atoms with Gasteiger partial charge in [0.2, 0.25) is 0 Å². The van der Waals surface area contributed by atoms with Crippen molar-refractivity contribution in [3.05, 3.63) is 0 Å². The van der Waals surface area contributed by atoms with Gasteiger partial charge in [-0.05, 0) is 0 Å². The molecule has 23 heavy (non-hydrogen) atoms. The molecule has 2 atom stereocenters. The van der Waals surface area contributed by atoms with Gasteiger partial charge in [0.15, 0.2) is 0 Å². The summed E-state index contributed by atoms with van der Waals surface area (Å²) in [6.07, 6.45) is 9.62. The molecule has 7 heteroatoms. The molecule has 0 bridgehead atoms. The van der Waals surface area contributed by atoms with Gasteiger partial charge in [-0.3, -0.25) is 0 Å². The molecule has 1 fully saturated rings. The average molecular weight is 468 g/mol. The number of rotatable bonds is 13. The van der Waals surface area contributed by atoms with E-state index in [2.05, 4.69) is 27.7 Å². The monoisotopic (exact) mass is 469 g/mol. The molecule has 2 N–H and O–H groups in total. The van der Waals surface area contributed by atoms with Gasteiger partial charge in [0.1, 0.15) is 0 Å². The summed E-state index contributed by atoms with van der Waals surface area (Å²) in [5.74, 6) is 3.19. The van der Waals surface area contributed by atoms with Crippen LogP contribution in [0.4, 0.5) is 0 Å². The molecular formula is C16H36MoO3PS2. The number of unbranched alkanes of at least 4 members (excludes halogenated alkanes) is 2. The predicted molar refractivity (Wildman–Crippen MR) is 104 cm³/mol. The van der Waals surface area contributed by atoms with E-state index in [1.165, 1.54) is 69.1 Å². The molecule has 2 unspecified atom stereocenters. The zero-order chi connectivity index (χ0) is 17.6. The maximum atomic E-state index is 10.9. The zero-order valence-electron chi connectivity index (χ0n) is 15.2. The Balaban J connectivity index is 2.84. The summed E-state index contributed by atoms with van der Waals surface area (Å²) in [6, 6.07) is 0. The van der Waals surface area contributed by atoms with Crippen LogP contribution in [0.2, 0.25) is 0 Å². The molecule has 1 rings (SSSR count). The van der Waals surface area contributed by atoms with Gasteiger partial charge in [-0.1, -0.05) is 0 Å². The van der Waals surface area contributed by atoms with Gasteiger partial charge >= 0.3 is 160 Å². The zero-order valence-corrected chi connectivity index (χ0v) is 19.7. The first-order valence-corrected chi connectivity index (χ1v) is 16.5. The van der Waals surface area contributed by atoms with E-state index in [4.69, 9.17) is 3.18 Å². The Morgan fingerprint density at radius 2 is 1.39 bits per heavy atom. The van der Waals surface area contributed by atoms with Crippen LogP contribution < -0.4 is 0 Å². The summed E-state index contributed by atoms with van der Waals surface area (Å²) < 4.78 is 5.40. The normalized spacial score (nSPS) is 32.2. The number of hydrogen-bond acceptors (Lipinski definition) is 4. The van der Waals surface area contributed by atoms with Crippen molar-refractivity contribution in [2.24, 2.45) is 11.8 Å². The van der Waals surface area contributed by atoms with E-state index in [0.717, 1.165) is 24.3 Å². The summed E-state index contributed by atoms with van der Waals surface area (Å²) in [4.78, 5) is 21.8. The van der Waals surface area contributed by atoms with Crippen LogP contribution in [0.5, 0.6) is 0 Å². The second kappa shape index (κ2) is 9.58. The van der Waals surface area contributed by atoms with E-state index in [1.807, 2.05) is 0 Å². The molecule has 1 heterocycles. The van der Waals surface area contributed by atoms with E-state index < -0.39 is 14.4 Å². The molecule has 0 saturated carbocycles. The fourth-order valence-corrected chi connectivity index (χ4v) is 29.4. The van der Waals surface area contributed by atoms with Crippen LogP contribution in [0.1, 0.15) is 79.1 Å². The standard InChI is InChI=1S/C16H36O3PS2.Mo/c1-5-9-11-15(7-3)13-22(20(17,18,19)21-22)14-16(8-4)12-10-6-2;/h15-18H,5-14H2,1-4H3;/q-1;+1. The Kier molecular flexibility index (Phi) is 9.47. The minimum absolute atomic E-state index is 0.612. The minimum atomic E-state index is -3.87. The van der Waals surface area contributed by atoms with Crippen LogP contribution in [-0.4, -0.2) is 21.3 Å². The Hall–Kier alpha value is 1.70. The van der Waals surface area contributed by atoms with Crippen molar-refractivity contribution in [3.8, 4) is 0 Å². The van der Waals surface area contributed by atoms with Crippen molar-refractivity contribution in [1.82, 2.24) is 0 Å². The second-order valence-electron chi connectivity index (χ2n) is 6.89.